The van der Waals surface area contributed by atoms with Crippen molar-refractivity contribution in [2.75, 3.05) is 24.5 Å². The van der Waals surface area contributed by atoms with Crippen LogP contribution in [-0.2, 0) is 4.74 Å². The highest BCUT2D eigenvalue weighted by Gasteiger charge is 2.35. The molecule has 5 rings (SSSR count). The van der Waals surface area contributed by atoms with Gasteiger partial charge in [0.05, 0.1) is 18.8 Å². The van der Waals surface area contributed by atoms with E-state index >= 15 is 0 Å². The van der Waals surface area contributed by atoms with E-state index in [0.717, 1.165) is 0 Å². The van der Waals surface area contributed by atoms with E-state index in [2.05, 4.69) is 15.4 Å². The van der Waals surface area contributed by atoms with Crippen LogP contribution < -0.4 is 10.2 Å². The molecule has 0 spiro atoms. The van der Waals surface area contributed by atoms with Crippen LogP contribution in [0.5, 0.6) is 0 Å². The third-order valence-electron chi connectivity index (χ3n) is 6.86. The molecule has 0 aliphatic carbocycles. The van der Waals surface area contributed by atoms with Gasteiger partial charge in [0.25, 0.3) is 5.91 Å². The molecule has 2 aliphatic heterocycles. The molecule has 202 valence electrons. The van der Waals surface area contributed by atoms with Crippen LogP contribution in [0, 0.1) is 5.82 Å². The molecule has 0 bridgehead atoms. The first-order valence-electron chi connectivity index (χ1n) is 12.9. The fourth-order valence-electron chi connectivity index (χ4n) is 5.04. The zero-order valence-corrected chi connectivity index (χ0v) is 21.7. The molecule has 9 nitrogen and oxygen atoms in total. The second-order valence-corrected chi connectivity index (χ2v) is 10.9. The van der Waals surface area contributed by atoms with Crippen molar-refractivity contribution in [1.29, 1.82) is 0 Å². The highest BCUT2D eigenvalue weighted by atomic mass is 19.1. The average molecular weight is 527 g/mol. The molecule has 2 unspecified atom stereocenters. The van der Waals surface area contributed by atoms with Gasteiger partial charge in [-0.25, -0.2) is 23.1 Å². The Labute approximate surface area is 219 Å². The number of benzene rings is 1. The molecule has 1 N–H and O–H groups in total. The minimum Gasteiger partial charge on any atom is -0.444 e. The highest BCUT2D eigenvalue weighted by molar-refractivity contribution is 6.00. The predicted octanol–water partition coefficient (Wildman–Crippen LogP) is 4.29. The molecule has 2 saturated heterocycles. The number of nitrogens with zero attached hydrogens (tertiary/aromatic N) is 5. The van der Waals surface area contributed by atoms with Gasteiger partial charge in [-0.1, -0.05) is 12.1 Å². The fraction of sp³-hybridized carbons (Fsp3) is 0.481. The Balaban J connectivity index is 1.29. The lowest BCUT2D eigenvalue weighted by atomic mass is 10.0. The molecule has 0 saturated carbocycles. The zero-order valence-electron chi connectivity index (χ0n) is 21.7. The van der Waals surface area contributed by atoms with Crippen molar-refractivity contribution in [3.63, 3.8) is 0 Å². The predicted molar refractivity (Wildman–Crippen MR) is 137 cm³/mol. The molecule has 0 radical (unpaired) electrons. The smallest absolute Gasteiger partial charge is 0.410 e. The van der Waals surface area contributed by atoms with E-state index in [0.29, 0.717) is 48.5 Å². The van der Waals surface area contributed by atoms with Crippen LogP contribution in [0.4, 0.5) is 19.4 Å². The lowest BCUT2D eigenvalue weighted by molar-refractivity contribution is 0.0199. The van der Waals surface area contributed by atoms with Gasteiger partial charge in [-0.05, 0) is 57.4 Å². The second kappa shape index (κ2) is 10.2. The lowest BCUT2D eigenvalue weighted by Gasteiger charge is -2.33. The standard InChI is InChI=1S/C27H32F2N6O3/c1-27(2,3)38-26(37)33-10-7-20(8-11-33)31-25(36)21-15-30-35-12-9-23(32-24(21)35)34-16-19(29)14-22(34)17-5-4-6-18(28)13-17/h4-6,9,12-13,15,19-20,22H,7-8,10-11,14,16H2,1-3H3,(H,31,36). The van der Waals surface area contributed by atoms with Gasteiger partial charge in [0.2, 0.25) is 0 Å². The molecule has 2 atom stereocenters. The number of hydrogen-bond donors (Lipinski definition) is 1. The Morgan fingerprint density at radius 2 is 1.92 bits per heavy atom. The number of amides is 2. The summed E-state index contributed by atoms with van der Waals surface area (Å²) in [7, 11) is 0. The maximum atomic E-state index is 14.5. The minimum absolute atomic E-state index is 0.109. The first-order chi connectivity index (χ1) is 18.1. The molecular weight excluding hydrogens is 494 g/mol. The summed E-state index contributed by atoms with van der Waals surface area (Å²) in [5.41, 5.74) is 0.775. The molecule has 2 fully saturated rings. The van der Waals surface area contributed by atoms with Crippen LogP contribution in [0.25, 0.3) is 5.65 Å². The van der Waals surface area contributed by atoms with Crippen LogP contribution in [0.3, 0.4) is 0 Å². The molecule has 2 aliphatic rings. The molecule has 38 heavy (non-hydrogen) atoms. The van der Waals surface area contributed by atoms with E-state index in [9.17, 15) is 18.4 Å². The molecular formula is C27H32F2N6O3. The third-order valence-corrected chi connectivity index (χ3v) is 6.86. The Hall–Kier alpha value is -3.76. The molecule has 2 aromatic heterocycles. The Kier molecular flexibility index (Phi) is 6.93. The SMILES string of the molecule is CC(C)(C)OC(=O)N1CCC(NC(=O)c2cnn3ccc(N4CC(F)CC4c4cccc(F)c4)nc23)CC1. The van der Waals surface area contributed by atoms with Crippen molar-refractivity contribution in [2.45, 2.75) is 63.9 Å². The van der Waals surface area contributed by atoms with Crippen molar-refractivity contribution in [1.82, 2.24) is 24.8 Å². The van der Waals surface area contributed by atoms with E-state index in [1.54, 1.807) is 34.2 Å². The van der Waals surface area contributed by atoms with Gasteiger partial charge >= 0.3 is 6.09 Å². The van der Waals surface area contributed by atoms with Crippen LogP contribution >= 0.6 is 0 Å². The van der Waals surface area contributed by atoms with Crippen molar-refractivity contribution in [2.24, 2.45) is 0 Å². The third kappa shape index (κ3) is 5.56. The number of halogens is 2. The summed E-state index contributed by atoms with van der Waals surface area (Å²) in [6.45, 7) is 6.57. The number of rotatable bonds is 4. The number of aromatic nitrogens is 3. The second-order valence-electron chi connectivity index (χ2n) is 10.9. The summed E-state index contributed by atoms with van der Waals surface area (Å²) in [6.07, 6.45) is 3.14. The van der Waals surface area contributed by atoms with E-state index in [1.807, 2.05) is 20.8 Å². The Morgan fingerprint density at radius 3 is 2.63 bits per heavy atom. The topological polar surface area (TPSA) is 92.1 Å². The van der Waals surface area contributed by atoms with E-state index in [-0.39, 0.29) is 42.9 Å². The van der Waals surface area contributed by atoms with Crippen LogP contribution in [0.15, 0.2) is 42.7 Å². The van der Waals surface area contributed by atoms with Gasteiger partial charge in [0.1, 0.15) is 29.0 Å². The molecule has 11 heteroatoms. The largest absolute Gasteiger partial charge is 0.444 e. The van der Waals surface area contributed by atoms with E-state index in [4.69, 9.17) is 4.74 Å². The quantitative estimate of drug-likeness (QED) is 0.546. The number of carbonyl (C=O) groups excluding carboxylic acids is 2. The maximum Gasteiger partial charge on any atom is 0.410 e. The lowest BCUT2D eigenvalue weighted by Crippen LogP contribution is -2.47. The number of piperidine rings is 1. The first-order valence-corrected chi connectivity index (χ1v) is 12.9. The first kappa shape index (κ1) is 25.9. The summed E-state index contributed by atoms with van der Waals surface area (Å²) in [5.74, 6) is -0.196. The van der Waals surface area contributed by atoms with E-state index in [1.165, 1.54) is 22.8 Å². The summed E-state index contributed by atoms with van der Waals surface area (Å²) in [4.78, 5) is 33.6. The highest BCUT2D eigenvalue weighted by Crippen LogP contribution is 2.37. The minimum atomic E-state index is -1.08. The van der Waals surface area contributed by atoms with Gasteiger partial charge in [-0.15, -0.1) is 0 Å². The summed E-state index contributed by atoms with van der Waals surface area (Å²) >= 11 is 0. The van der Waals surface area contributed by atoms with Crippen molar-refractivity contribution < 1.29 is 23.1 Å². The normalized spacial score (nSPS) is 20.7. The number of nitrogens with one attached hydrogen (secondary N) is 1. The van der Waals surface area contributed by atoms with Gasteiger partial charge < -0.3 is 19.9 Å². The Morgan fingerprint density at radius 1 is 1.16 bits per heavy atom. The van der Waals surface area contributed by atoms with Crippen molar-refractivity contribution in [3.05, 3.63) is 59.7 Å². The number of likely N-dealkylation sites (tertiary alicyclic amines) is 1. The van der Waals surface area contributed by atoms with E-state index < -0.39 is 11.8 Å². The van der Waals surface area contributed by atoms with Crippen LogP contribution in [-0.4, -0.2) is 68.9 Å². The number of ether oxygens (including phenoxy) is 1. The average Bonchev–Trinajstić information content (AvgIpc) is 3.46. The van der Waals surface area contributed by atoms with Gasteiger partial charge in [-0.2, -0.15) is 5.10 Å². The fourth-order valence-corrected chi connectivity index (χ4v) is 5.04. The molecule has 3 aromatic rings. The molecule has 4 heterocycles. The van der Waals surface area contributed by atoms with Gasteiger partial charge in [0.15, 0.2) is 5.65 Å². The number of carbonyl (C=O) groups is 2. The zero-order chi connectivity index (χ0) is 27.0. The summed E-state index contributed by atoms with van der Waals surface area (Å²) in [5, 5.41) is 7.29. The van der Waals surface area contributed by atoms with Crippen molar-refractivity contribution in [3.8, 4) is 0 Å². The molecule has 1 aromatic carbocycles. The monoisotopic (exact) mass is 526 g/mol. The van der Waals surface area contributed by atoms with Crippen LogP contribution in [0.2, 0.25) is 0 Å². The van der Waals surface area contributed by atoms with Crippen molar-refractivity contribution >= 4 is 23.5 Å². The number of hydrogen-bond acceptors (Lipinski definition) is 6. The molecule has 2 amide bonds. The maximum absolute atomic E-state index is 14.5. The number of anilines is 1. The van der Waals surface area contributed by atoms with Gasteiger partial charge in [-0.3, -0.25) is 4.79 Å². The van der Waals surface area contributed by atoms with Crippen LogP contribution in [0.1, 0.15) is 62.0 Å². The Bertz CT molecular complexity index is 1330. The summed E-state index contributed by atoms with van der Waals surface area (Å²) in [6, 6.07) is 7.41. The number of fused-ring (bicyclic) bond motifs is 1. The summed E-state index contributed by atoms with van der Waals surface area (Å²) < 4.78 is 35.3. The van der Waals surface area contributed by atoms with Gasteiger partial charge in [0, 0.05) is 31.7 Å². The number of alkyl halides is 1.